The van der Waals surface area contributed by atoms with E-state index >= 15 is 0 Å². The van der Waals surface area contributed by atoms with Crippen LogP contribution < -0.4 is 10.6 Å². The summed E-state index contributed by atoms with van der Waals surface area (Å²) in [6.45, 7) is 4.92. The minimum atomic E-state index is -0.309. The van der Waals surface area contributed by atoms with Crippen LogP contribution in [-0.4, -0.2) is 34.1 Å². The van der Waals surface area contributed by atoms with Gasteiger partial charge in [0.05, 0.1) is 17.6 Å². The summed E-state index contributed by atoms with van der Waals surface area (Å²) in [6.07, 6.45) is 3.97. The number of aromatic nitrogens is 2. The fraction of sp³-hybridized carbons (Fsp3) is 0.467. The maximum absolute atomic E-state index is 11.9. The Hall–Kier alpha value is -2.28. The average molecular weight is 306 g/mol. The van der Waals surface area contributed by atoms with Crippen molar-refractivity contribution in [2.24, 2.45) is 5.92 Å². The number of hydrogen-bond acceptors (Lipinski definition) is 4. The molecule has 0 saturated carbocycles. The van der Waals surface area contributed by atoms with Crippen molar-refractivity contribution in [2.75, 3.05) is 18.5 Å². The van der Waals surface area contributed by atoms with Gasteiger partial charge in [-0.3, -0.25) is 4.68 Å². The van der Waals surface area contributed by atoms with Crippen LogP contribution in [-0.2, 0) is 13.0 Å². The molecular formula is C15H22N4O3. The first-order valence-electron chi connectivity index (χ1n) is 7.34. The number of amides is 2. The van der Waals surface area contributed by atoms with Crippen molar-refractivity contribution < 1.29 is 14.3 Å². The van der Waals surface area contributed by atoms with Gasteiger partial charge < -0.3 is 20.2 Å². The highest BCUT2D eigenvalue weighted by atomic mass is 16.3. The van der Waals surface area contributed by atoms with Gasteiger partial charge in [-0.1, -0.05) is 0 Å². The summed E-state index contributed by atoms with van der Waals surface area (Å²) in [5, 5.41) is 19.2. The van der Waals surface area contributed by atoms with E-state index in [9.17, 15) is 9.90 Å². The molecule has 0 radical (unpaired) electrons. The second kappa shape index (κ2) is 7.65. The highest BCUT2D eigenvalue weighted by Gasteiger charge is 2.13. The standard InChI is InChI=1S/C15H22N4O3/c1-3-19-9-14(11(2)18-19)17-15(21)16-8-12(10-20)7-13-5-4-6-22-13/h4-6,9,12,20H,3,7-8,10H2,1-2H3,(H2,16,17,21)/t12-/m1/s1. The predicted molar refractivity (Wildman–Crippen MR) is 82.6 cm³/mol. The maximum atomic E-state index is 11.9. The van der Waals surface area contributed by atoms with Gasteiger partial charge in [-0.25, -0.2) is 4.79 Å². The molecule has 0 aliphatic heterocycles. The molecule has 0 aliphatic rings. The zero-order valence-electron chi connectivity index (χ0n) is 12.9. The van der Waals surface area contributed by atoms with Crippen LogP contribution in [0.1, 0.15) is 18.4 Å². The molecular weight excluding hydrogens is 284 g/mol. The van der Waals surface area contributed by atoms with Crippen LogP contribution in [0.15, 0.2) is 29.0 Å². The van der Waals surface area contributed by atoms with E-state index in [1.165, 1.54) is 0 Å². The van der Waals surface area contributed by atoms with Crippen LogP contribution in [0, 0.1) is 12.8 Å². The number of urea groups is 1. The number of nitrogens with one attached hydrogen (secondary N) is 2. The Morgan fingerprint density at radius 1 is 1.55 bits per heavy atom. The Kier molecular flexibility index (Phi) is 5.60. The van der Waals surface area contributed by atoms with Gasteiger partial charge in [-0.15, -0.1) is 0 Å². The monoisotopic (exact) mass is 306 g/mol. The Morgan fingerprint density at radius 3 is 2.95 bits per heavy atom. The molecule has 2 heterocycles. The van der Waals surface area contributed by atoms with E-state index in [2.05, 4.69) is 15.7 Å². The lowest BCUT2D eigenvalue weighted by Crippen LogP contribution is -2.35. The predicted octanol–water partition coefficient (Wildman–Crippen LogP) is 1.78. The molecule has 0 fully saturated rings. The summed E-state index contributed by atoms with van der Waals surface area (Å²) in [6, 6.07) is 3.35. The van der Waals surface area contributed by atoms with Crippen molar-refractivity contribution >= 4 is 11.7 Å². The van der Waals surface area contributed by atoms with Crippen molar-refractivity contribution in [3.63, 3.8) is 0 Å². The first-order chi connectivity index (χ1) is 10.6. The number of aliphatic hydroxyl groups excluding tert-OH is 1. The lowest BCUT2D eigenvalue weighted by Gasteiger charge is -2.14. The third-order valence-corrected chi connectivity index (χ3v) is 3.40. The topological polar surface area (TPSA) is 92.3 Å². The molecule has 0 bridgehead atoms. The molecule has 0 saturated heterocycles. The summed E-state index contributed by atoms with van der Waals surface area (Å²) in [4.78, 5) is 11.9. The average Bonchev–Trinajstić information content (AvgIpc) is 3.13. The van der Waals surface area contributed by atoms with Crippen molar-refractivity contribution in [1.29, 1.82) is 0 Å². The molecule has 0 aliphatic carbocycles. The van der Waals surface area contributed by atoms with E-state index in [1.807, 2.05) is 19.9 Å². The molecule has 2 aromatic heterocycles. The molecule has 2 amide bonds. The minimum absolute atomic E-state index is 0.0201. The Bertz CT molecular complexity index is 592. The molecule has 2 rings (SSSR count). The molecule has 7 heteroatoms. The van der Waals surface area contributed by atoms with Crippen LogP contribution in [0.3, 0.4) is 0 Å². The fourth-order valence-electron chi connectivity index (χ4n) is 2.12. The highest BCUT2D eigenvalue weighted by molar-refractivity contribution is 5.89. The number of hydrogen-bond donors (Lipinski definition) is 3. The molecule has 1 atom stereocenters. The number of rotatable bonds is 7. The third-order valence-electron chi connectivity index (χ3n) is 3.40. The summed E-state index contributed by atoms with van der Waals surface area (Å²) in [5.74, 6) is 0.706. The third kappa shape index (κ3) is 4.36. The molecule has 0 aromatic carbocycles. The van der Waals surface area contributed by atoms with Crippen LogP contribution >= 0.6 is 0 Å². The molecule has 2 aromatic rings. The lowest BCUT2D eigenvalue weighted by atomic mass is 10.1. The summed E-state index contributed by atoms with van der Waals surface area (Å²) < 4.78 is 7.01. The zero-order valence-corrected chi connectivity index (χ0v) is 12.9. The van der Waals surface area contributed by atoms with Gasteiger partial charge in [0.2, 0.25) is 0 Å². The molecule has 7 nitrogen and oxygen atoms in total. The van der Waals surface area contributed by atoms with Gasteiger partial charge in [0.15, 0.2) is 0 Å². The first-order valence-corrected chi connectivity index (χ1v) is 7.34. The zero-order chi connectivity index (χ0) is 15.9. The number of nitrogens with zero attached hydrogens (tertiary/aromatic N) is 2. The van der Waals surface area contributed by atoms with Gasteiger partial charge in [0.25, 0.3) is 0 Å². The number of anilines is 1. The Balaban J connectivity index is 1.82. The number of carbonyl (C=O) groups is 1. The van der Waals surface area contributed by atoms with Crippen LogP contribution in [0.4, 0.5) is 10.5 Å². The smallest absolute Gasteiger partial charge is 0.319 e. The van der Waals surface area contributed by atoms with Gasteiger partial charge >= 0.3 is 6.03 Å². The normalized spacial score (nSPS) is 12.1. The van der Waals surface area contributed by atoms with E-state index in [1.54, 1.807) is 23.2 Å². The largest absolute Gasteiger partial charge is 0.469 e. The van der Waals surface area contributed by atoms with E-state index in [0.717, 1.165) is 18.0 Å². The number of furan rings is 1. The summed E-state index contributed by atoms with van der Waals surface area (Å²) in [7, 11) is 0. The van der Waals surface area contributed by atoms with Crippen LogP contribution in [0.5, 0.6) is 0 Å². The molecule has 22 heavy (non-hydrogen) atoms. The van der Waals surface area contributed by atoms with Crippen molar-refractivity contribution in [3.8, 4) is 0 Å². The van der Waals surface area contributed by atoms with Crippen LogP contribution in [0.2, 0.25) is 0 Å². The Morgan fingerprint density at radius 2 is 2.36 bits per heavy atom. The van der Waals surface area contributed by atoms with Gasteiger partial charge in [-0.05, 0) is 26.0 Å². The maximum Gasteiger partial charge on any atom is 0.319 e. The quantitative estimate of drug-likeness (QED) is 0.727. The van der Waals surface area contributed by atoms with Crippen molar-refractivity contribution in [2.45, 2.75) is 26.8 Å². The number of aliphatic hydroxyl groups is 1. The van der Waals surface area contributed by atoms with Gasteiger partial charge in [-0.2, -0.15) is 5.10 Å². The van der Waals surface area contributed by atoms with E-state index < -0.39 is 0 Å². The first kappa shape index (κ1) is 16.1. The van der Waals surface area contributed by atoms with Crippen LogP contribution in [0.25, 0.3) is 0 Å². The molecule has 0 unspecified atom stereocenters. The molecule has 120 valence electrons. The molecule has 3 N–H and O–H groups in total. The van der Waals surface area contributed by atoms with Crippen molar-refractivity contribution in [1.82, 2.24) is 15.1 Å². The van der Waals surface area contributed by atoms with E-state index in [0.29, 0.717) is 18.7 Å². The van der Waals surface area contributed by atoms with Crippen molar-refractivity contribution in [3.05, 3.63) is 36.0 Å². The minimum Gasteiger partial charge on any atom is -0.469 e. The van der Waals surface area contributed by atoms with E-state index in [4.69, 9.17) is 4.42 Å². The highest BCUT2D eigenvalue weighted by Crippen LogP contribution is 2.12. The lowest BCUT2D eigenvalue weighted by molar-refractivity contribution is 0.213. The summed E-state index contributed by atoms with van der Waals surface area (Å²) >= 11 is 0. The Labute approximate surface area is 129 Å². The second-order valence-electron chi connectivity index (χ2n) is 5.15. The summed E-state index contributed by atoms with van der Waals surface area (Å²) in [5.41, 5.74) is 1.46. The number of carbonyl (C=O) groups excluding carboxylic acids is 1. The number of aryl methyl sites for hydroxylation is 2. The van der Waals surface area contributed by atoms with Gasteiger partial charge in [0, 0.05) is 38.2 Å². The van der Waals surface area contributed by atoms with E-state index in [-0.39, 0.29) is 18.6 Å². The SMILES string of the molecule is CCn1cc(NC(=O)NC[C@H](CO)Cc2ccco2)c(C)n1. The van der Waals surface area contributed by atoms with Gasteiger partial charge in [0.1, 0.15) is 5.76 Å². The fourth-order valence-corrected chi connectivity index (χ4v) is 2.12. The second-order valence-corrected chi connectivity index (χ2v) is 5.15. The molecule has 0 spiro atoms.